The summed E-state index contributed by atoms with van der Waals surface area (Å²) < 4.78 is 107. The second-order valence-corrected chi connectivity index (χ2v) is 10.3. The molecule has 0 unspecified atom stereocenters. The fourth-order valence-corrected chi connectivity index (χ4v) is 5.10. The Morgan fingerprint density at radius 3 is 1.92 bits per heavy atom. The Hall–Kier alpha value is -3.35. The molecule has 0 atom stereocenters. The third-order valence-corrected chi connectivity index (χ3v) is 7.22. The molecule has 1 aliphatic heterocycles. The fraction of sp³-hybridized carbons (Fsp3) is 0.333. The zero-order valence-corrected chi connectivity index (χ0v) is 20.1. The molecule has 1 N–H and O–H groups in total. The van der Waals surface area contributed by atoms with E-state index in [4.69, 9.17) is 0 Å². The highest BCUT2D eigenvalue weighted by Crippen LogP contribution is 2.37. The Kier molecular flexibility index (Phi) is 7.36. The number of hydrogen-bond donors (Lipinski definition) is 1. The average molecular weight is 545 g/mol. The Balaban J connectivity index is 1.60. The average Bonchev–Trinajstić information content (AvgIpc) is 3.12. The lowest BCUT2D eigenvalue weighted by atomic mass is 10.1. The molecule has 6 nitrogen and oxygen atoms in total. The van der Waals surface area contributed by atoms with Gasteiger partial charge in [0.25, 0.3) is 10.0 Å². The minimum atomic E-state index is -5.18. The largest absolute Gasteiger partial charge is 0.416 e. The van der Waals surface area contributed by atoms with Crippen molar-refractivity contribution in [3.05, 3.63) is 65.7 Å². The van der Waals surface area contributed by atoms with Crippen LogP contribution in [0.15, 0.2) is 59.5 Å². The number of nitrogens with zero attached hydrogens (tertiary/aromatic N) is 3. The topological polar surface area (TPSA) is 75.2 Å². The summed E-state index contributed by atoms with van der Waals surface area (Å²) in [5.74, 6) is 0.715. The Morgan fingerprint density at radius 1 is 0.757 bits per heavy atom. The van der Waals surface area contributed by atoms with Gasteiger partial charge in [-0.2, -0.15) is 26.3 Å². The van der Waals surface area contributed by atoms with Gasteiger partial charge in [-0.15, -0.1) is 10.2 Å². The summed E-state index contributed by atoms with van der Waals surface area (Å²) in [6.07, 6.45) is -5.93. The van der Waals surface area contributed by atoms with E-state index in [2.05, 4.69) is 19.8 Å². The number of sulfonamides is 1. The summed E-state index contributed by atoms with van der Waals surface area (Å²) >= 11 is 0. The molecule has 0 spiro atoms. The van der Waals surface area contributed by atoms with Gasteiger partial charge >= 0.3 is 12.4 Å². The Labute approximate surface area is 209 Å². The highest BCUT2D eigenvalue weighted by atomic mass is 32.2. The third kappa shape index (κ3) is 6.51. The highest BCUT2D eigenvalue weighted by Gasteiger charge is 2.38. The Bertz CT molecular complexity index is 1320. The van der Waals surface area contributed by atoms with Crippen molar-refractivity contribution in [1.82, 2.24) is 10.2 Å². The summed E-state index contributed by atoms with van der Waals surface area (Å²) in [5, 5.41) is 8.47. The van der Waals surface area contributed by atoms with Gasteiger partial charge < -0.3 is 4.90 Å². The minimum Gasteiger partial charge on any atom is -0.355 e. The van der Waals surface area contributed by atoms with E-state index in [0.29, 0.717) is 17.1 Å². The van der Waals surface area contributed by atoms with Gasteiger partial charge in [-0.1, -0.05) is 25.0 Å². The quantitative estimate of drug-likeness (QED) is 0.378. The molecule has 0 amide bonds. The van der Waals surface area contributed by atoms with E-state index in [0.717, 1.165) is 38.8 Å². The van der Waals surface area contributed by atoms with Crippen LogP contribution in [0.1, 0.15) is 36.8 Å². The van der Waals surface area contributed by atoms with Crippen molar-refractivity contribution >= 4 is 21.5 Å². The summed E-state index contributed by atoms with van der Waals surface area (Å²) in [6, 6.07) is 9.49. The monoisotopic (exact) mass is 544 g/mol. The lowest BCUT2D eigenvalue weighted by Gasteiger charge is -2.20. The van der Waals surface area contributed by atoms with Crippen molar-refractivity contribution in [3.8, 4) is 11.3 Å². The minimum absolute atomic E-state index is 0.0677. The first-order valence-corrected chi connectivity index (χ1v) is 12.8. The fourth-order valence-electron chi connectivity index (χ4n) is 3.99. The summed E-state index contributed by atoms with van der Waals surface area (Å²) in [4.78, 5) is 0.972. The van der Waals surface area contributed by atoms with E-state index in [1.165, 1.54) is 18.2 Å². The predicted molar refractivity (Wildman–Crippen MR) is 125 cm³/mol. The van der Waals surface area contributed by atoms with Crippen LogP contribution in [0.2, 0.25) is 0 Å². The second-order valence-electron chi connectivity index (χ2n) is 8.61. The van der Waals surface area contributed by atoms with Gasteiger partial charge in [-0.05, 0) is 55.3 Å². The molecule has 37 heavy (non-hydrogen) atoms. The van der Waals surface area contributed by atoms with Crippen molar-refractivity contribution in [1.29, 1.82) is 0 Å². The molecular formula is C24H22F6N4O2S. The number of benzene rings is 2. The molecule has 0 radical (unpaired) electrons. The number of rotatable bonds is 5. The van der Waals surface area contributed by atoms with E-state index in [-0.39, 0.29) is 23.9 Å². The van der Waals surface area contributed by atoms with Crippen LogP contribution in [-0.2, 0) is 22.4 Å². The highest BCUT2D eigenvalue weighted by molar-refractivity contribution is 7.92. The van der Waals surface area contributed by atoms with Gasteiger partial charge in [0.2, 0.25) is 0 Å². The van der Waals surface area contributed by atoms with Crippen molar-refractivity contribution in [2.45, 2.75) is 42.9 Å². The van der Waals surface area contributed by atoms with Crippen LogP contribution in [-0.4, -0.2) is 31.7 Å². The summed E-state index contributed by atoms with van der Waals surface area (Å²) in [6.45, 7) is 1.74. The van der Waals surface area contributed by atoms with Gasteiger partial charge in [0.05, 0.1) is 21.7 Å². The number of aromatic nitrogens is 2. The first kappa shape index (κ1) is 26.7. The molecule has 0 aliphatic carbocycles. The molecule has 2 aromatic carbocycles. The molecule has 1 fully saturated rings. The van der Waals surface area contributed by atoms with Crippen molar-refractivity contribution in [3.63, 3.8) is 0 Å². The number of nitrogens with one attached hydrogen (secondary N) is 1. The maximum atomic E-state index is 13.2. The maximum Gasteiger partial charge on any atom is 0.416 e. The van der Waals surface area contributed by atoms with Crippen LogP contribution in [0, 0.1) is 0 Å². The maximum absolute atomic E-state index is 13.2. The number of halogens is 6. The van der Waals surface area contributed by atoms with E-state index in [9.17, 15) is 34.8 Å². The van der Waals surface area contributed by atoms with Gasteiger partial charge in [-0.3, -0.25) is 4.72 Å². The molecular weight excluding hydrogens is 522 g/mol. The first-order chi connectivity index (χ1) is 17.3. The first-order valence-electron chi connectivity index (χ1n) is 11.3. The molecule has 1 saturated heterocycles. The lowest BCUT2D eigenvalue weighted by Crippen LogP contribution is -2.25. The SMILES string of the molecule is O=S(=O)(Nc1cccc(-c2ccc(N3CCCCCC3)nn2)c1)c1cc(C(F)(F)F)cc(C(F)(F)F)c1. The smallest absolute Gasteiger partial charge is 0.355 e. The van der Waals surface area contributed by atoms with E-state index < -0.39 is 38.4 Å². The van der Waals surface area contributed by atoms with Gasteiger partial charge in [0.1, 0.15) is 0 Å². The van der Waals surface area contributed by atoms with Crippen LogP contribution in [0.5, 0.6) is 0 Å². The molecule has 1 aliphatic rings. The van der Waals surface area contributed by atoms with Crippen LogP contribution >= 0.6 is 0 Å². The molecule has 3 aromatic rings. The van der Waals surface area contributed by atoms with E-state index in [1.54, 1.807) is 18.2 Å². The van der Waals surface area contributed by atoms with Crippen molar-refractivity contribution in [2.75, 3.05) is 22.7 Å². The summed E-state index contributed by atoms with van der Waals surface area (Å²) in [7, 11) is -4.80. The van der Waals surface area contributed by atoms with Gasteiger partial charge in [0.15, 0.2) is 5.82 Å². The van der Waals surface area contributed by atoms with Crippen molar-refractivity contribution < 1.29 is 34.8 Å². The van der Waals surface area contributed by atoms with Crippen LogP contribution in [0.25, 0.3) is 11.3 Å². The number of hydrogen-bond acceptors (Lipinski definition) is 5. The zero-order valence-electron chi connectivity index (χ0n) is 19.3. The summed E-state index contributed by atoms with van der Waals surface area (Å²) in [5.41, 5.74) is -2.65. The van der Waals surface area contributed by atoms with Crippen LogP contribution in [0.4, 0.5) is 37.8 Å². The van der Waals surface area contributed by atoms with Crippen molar-refractivity contribution in [2.24, 2.45) is 0 Å². The number of anilines is 2. The molecule has 13 heteroatoms. The standard InChI is InChI=1S/C24H22F6N4O2S/c25-23(26,27)17-13-18(24(28,29)30)15-20(14-17)37(35,36)33-19-7-5-6-16(12-19)21-8-9-22(32-31-21)34-10-3-1-2-4-11-34/h5-9,12-15,33H,1-4,10-11H2. The molecule has 2 heterocycles. The zero-order chi connectivity index (χ0) is 26.8. The molecule has 0 bridgehead atoms. The number of alkyl halides is 6. The molecule has 0 saturated carbocycles. The molecule has 4 rings (SSSR count). The third-order valence-electron chi connectivity index (χ3n) is 5.86. The Morgan fingerprint density at radius 2 is 1.38 bits per heavy atom. The van der Waals surface area contributed by atoms with Gasteiger partial charge in [-0.25, -0.2) is 8.42 Å². The van der Waals surface area contributed by atoms with Gasteiger partial charge in [0, 0.05) is 24.3 Å². The molecule has 198 valence electrons. The van der Waals surface area contributed by atoms with E-state index >= 15 is 0 Å². The van der Waals surface area contributed by atoms with Crippen LogP contribution < -0.4 is 9.62 Å². The van der Waals surface area contributed by atoms with Crippen LogP contribution in [0.3, 0.4) is 0 Å². The predicted octanol–water partition coefficient (Wildman–Crippen LogP) is 6.36. The molecule has 1 aromatic heterocycles. The van der Waals surface area contributed by atoms with E-state index in [1.807, 2.05) is 0 Å². The second kappa shape index (κ2) is 10.2. The normalized spacial score (nSPS) is 15.4. The lowest BCUT2D eigenvalue weighted by molar-refractivity contribution is -0.143.